The molecule has 1 amide bonds. The number of benzene rings is 2. The average Bonchev–Trinajstić information content (AvgIpc) is 3.39. The van der Waals surface area contributed by atoms with Gasteiger partial charge >= 0.3 is 5.97 Å². The molecule has 0 saturated heterocycles. The Kier molecular flexibility index (Phi) is 6.81. The zero-order chi connectivity index (χ0) is 25.8. The van der Waals surface area contributed by atoms with Crippen molar-refractivity contribution in [3.05, 3.63) is 101 Å². The van der Waals surface area contributed by atoms with Gasteiger partial charge in [-0.05, 0) is 54.4 Å². The van der Waals surface area contributed by atoms with E-state index in [4.69, 9.17) is 9.57 Å². The van der Waals surface area contributed by atoms with Crippen LogP contribution in [-0.4, -0.2) is 41.2 Å². The molecule has 0 radical (unpaired) electrons. The summed E-state index contributed by atoms with van der Waals surface area (Å²) < 4.78 is 4.72. The number of esters is 1. The molecule has 2 aromatic carbocycles. The van der Waals surface area contributed by atoms with Crippen molar-refractivity contribution in [1.82, 2.24) is 15.3 Å². The van der Waals surface area contributed by atoms with E-state index in [1.165, 1.54) is 7.11 Å². The molecule has 2 N–H and O–H groups in total. The zero-order valence-corrected chi connectivity index (χ0v) is 20.6. The summed E-state index contributed by atoms with van der Waals surface area (Å²) in [5.74, 6) is -0.415. The lowest BCUT2D eigenvalue weighted by Gasteiger charge is -2.11. The molecular weight excluding hydrogens is 468 g/mol. The molecule has 4 aromatic rings. The first-order chi connectivity index (χ1) is 18.0. The fraction of sp³-hybridized carbons (Fsp3) is 0.172. The fourth-order valence-corrected chi connectivity index (χ4v) is 4.22. The van der Waals surface area contributed by atoms with Crippen molar-refractivity contribution in [2.24, 2.45) is 5.16 Å². The van der Waals surface area contributed by atoms with Crippen LogP contribution in [-0.2, 0) is 22.6 Å². The quantitative estimate of drug-likeness (QED) is 0.219. The van der Waals surface area contributed by atoms with E-state index >= 15 is 0 Å². The maximum Gasteiger partial charge on any atom is 0.337 e. The van der Waals surface area contributed by atoms with Gasteiger partial charge < -0.3 is 19.9 Å². The first kappa shape index (κ1) is 24.0. The van der Waals surface area contributed by atoms with Gasteiger partial charge in [0.15, 0.2) is 0 Å². The Labute approximate surface area is 214 Å². The number of H-pyrrole nitrogens is 1. The lowest BCUT2D eigenvalue weighted by molar-refractivity contribution is 0.0600. The third kappa shape index (κ3) is 5.28. The number of rotatable bonds is 7. The number of hydrogen-bond acceptors (Lipinski definition) is 6. The molecule has 2 aromatic heterocycles. The molecule has 37 heavy (non-hydrogen) atoms. The largest absolute Gasteiger partial charge is 0.465 e. The maximum atomic E-state index is 12.1. The Morgan fingerprint density at radius 3 is 2.65 bits per heavy atom. The normalized spacial score (nSPS) is 13.0. The van der Waals surface area contributed by atoms with Crippen molar-refractivity contribution in [2.75, 3.05) is 13.7 Å². The topological polar surface area (TPSA) is 106 Å². The Bertz CT molecular complexity index is 1490. The Morgan fingerprint density at radius 2 is 1.86 bits per heavy atom. The van der Waals surface area contributed by atoms with Crippen LogP contribution in [0.2, 0.25) is 0 Å². The number of hydrogen-bond donors (Lipinski definition) is 2. The number of fused-ring (bicyclic) bond motifs is 1. The van der Waals surface area contributed by atoms with E-state index in [-0.39, 0.29) is 18.5 Å². The fourth-order valence-electron chi connectivity index (χ4n) is 4.22. The molecule has 1 aliphatic heterocycles. The molecule has 0 saturated carbocycles. The second-order valence-electron chi connectivity index (χ2n) is 8.73. The number of nitrogens with zero attached hydrogens (tertiary/aromatic N) is 2. The van der Waals surface area contributed by atoms with Gasteiger partial charge in [-0.15, -0.1) is 0 Å². The first-order valence-electron chi connectivity index (χ1n) is 11.9. The summed E-state index contributed by atoms with van der Waals surface area (Å²) >= 11 is 0. The zero-order valence-electron chi connectivity index (χ0n) is 20.6. The van der Waals surface area contributed by atoms with E-state index in [0.29, 0.717) is 17.7 Å². The SMILES string of the molecule is COC(=O)c1ccc(CO/N=C(\C)c2cccc(-c3cc(-c4cc5c([nH]4)CCNC5=O)ccn3)c2)cc1. The third-order valence-electron chi connectivity index (χ3n) is 6.26. The van der Waals surface area contributed by atoms with Crippen LogP contribution in [0.3, 0.4) is 0 Å². The van der Waals surface area contributed by atoms with Crippen molar-refractivity contribution >= 4 is 17.6 Å². The second kappa shape index (κ2) is 10.5. The van der Waals surface area contributed by atoms with Crippen molar-refractivity contribution in [1.29, 1.82) is 0 Å². The van der Waals surface area contributed by atoms with Crippen LogP contribution < -0.4 is 5.32 Å². The van der Waals surface area contributed by atoms with Crippen molar-refractivity contribution in [3.63, 3.8) is 0 Å². The highest BCUT2D eigenvalue weighted by Gasteiger charge is 2.20. The highest BCUT2D eigenvalue weighted by Crippen LogP contribution is 2.27. The molecule has 3 heterocycles. The second-order valence-corrected chi connectivity index (χ2v) is 8.73. The van der Waals surface area contributed by atoms with Crippen LogP contribution in [0.25, 0.3) is 22.5 Å². The van der Waals surface area contributed by atoms with E-state index in [1.807, 2.05) is 61.5 Å². The van der Waals surface area contributed by atoms with Crippen LogP contribution in [0.5, 0.6) is 0 Å². The molecule has 0 bridgehead atoms. The molecule has 8 nitrogen and oxygen atoms in total. The van der Waals surface area contributed by atoms with E-state index < -0.39 is 0 Å². The van der Waals surface area contributed by atoms with E-state index in [0.717, 1.165) is 51.5 Å². The molecule has 0 atom stereocenters. The predicted octanol–water partition coefficient (Wildman–Crippen LogP) is 4.76. The highest BCUT2D eigenvalue weighted by atomic mass is 16.6. The van der Waals surface area contributed by atoms with Crippen LogP contribution in [0.4, 0.5) is 0 Å². The van der Waals surface area contributed by atoms with Gasteiger partial charge in [-0.25, -0.2) is 4.79 Å². The predicted molar refractivity (Wildman–Crippen MR) is 140 cm³/mol. The van der Waals surface area contributed by atoms with Crippen LogP contribution in [0.15, 0.2) is 78.1 Å². The van der Waals surface area contributed by atoms with Crippen molar-refractivity contribution in [2.45, 2.75) is 20.0 Å². The van der Waals surface area contributed by atoms with Gasteiger partial charge in [-0.3, -0.25) is 9.78 Å². The average molecular weight is 495 g/mol. The highest BCUT2D eigenvalue weighted by molar-refractivity contribution is 5.99. The van der Waals surface area contributed by atoms with Gasteiger partial charge in [0.2, 0.25) is 0 Å². The number of oxime groups is 1. The molecule has 0 spiro atoms. The number of pyridine rings is 1. The summed E-state index contributed by atoms with van der Waals surface area (Å²) in [6.07, 6.45) is 2.56. The van der Waals surface area contributed by atoms with Gasteiger partial charge in [-0.2, -0.15) is 0 Å². The monoisotopic (exact) mass is 494 g/mol. The van der Waals surface area contributed by atoms with Crippen LogP contribution in [0.1, 0.15) is 44.5 Å². The molecule has 0 aliphatic carbocycles. The van der Waals surface area contributed by atoms with Gasteiger partial charge in [0.05, 0.1) is 29.6 Å². The minimum atomic E-state index is -0.374. The number of nitrogens with one attached hydrogen (secondary N) is 2. The van der Waals surface area contributed by atoms with Crippen molar-refractivity contribution in [3.8, 4) is 22.5 Å². The lowest BCUT2D eigenvalue weighted by atomic mass is 10.0. The smallest absolute Gasteiger partial charge is 0.337 e. The summed E-state index contributed by atoms with van der Waals surface area (Å²) in [5, 5.41) is 7.15. The van der Waals surface area contributed by atoms with Crippen LogP contribution >= 0.6 is 0 Å². The molecular formula is C29H26N4O4. The number of aromatic nitrogens is 2. The Morgan fingerprint density at radius 1 is 1.03 bits per heavy atom. The summed E-state index contributed by atoms with van der Waals surface area (Å²) in [7, 11) is 1.35. The molecule has 1 aliphatic rings. The third-order valence-corrected chi connectivity index (χ3v) is 6.26. The standard InChI is InChI=1S/C29H26N4O4/c1-18(33-37-17-19-6-8-20(9-7-19)29(35)36-2)21-4-3-5-22(14-21)26-15-23(10-12-30-26)27-16-24-25(32-27)11-13-31-28(24)34/h3-10,12,14-16,32H,11,13,17H2,1-2H3,(H,31,34)/b33-18+. The molecule has 0 unspecified atom stereocenters. The maximum absolute atomic E-state index is 12.1. The summed E-state index contributed by atoms with van der Waals surface area (Å²) in [5.41, 5.74) is 8.31. The summed E-state index contributed by atoms with van der Waals surface area (Å²) in [4.78, 5) is 37.2. The number of carbonyl (C=O) groups excluding carboxylic acids is 2. The minimum absolute atomic E-state index is 0.0408. The first-order valence-corrected chi connectivity index (χ1v) is 11.9. The number of amides is 1. The Balaban J connectivity index is 1.30. The van der Waals surface area contributed by atoms with Crippen LogP contribution in [0, 0.1) is 0 Å². The number of methoxy groups -OCH3 is 1. The number of aromatic amines is 1. The summed E-state index contributed by atoms with van der Waals surface area (Å²) in [6, 6.07) is 20.8. The van der Waals surface area contributed by atoms with Gasteiger partial charge in [-0.1, -0.05) is 35.5 Å². The molecule has 0 fully saturated rings. The van der Waals surface area contributed by atoms with Gasteiger partial charge in [0, 0.05) is 41.7 Å². The molecule has 8 heteroatoms. The minimum Gasteiger partial charge on any atom is -0.465 e. The van der Waals surface area contributed by atoms with Crippen molar-refractivity contribution < 1.29 is 19.2 Å². The number of ether oxygens (including phenoxy) is 1. The molecule has 5 rings (SSSR count). The van der Waals surface area contributed by atoms with E-state index in [2.05, 4.69) is 20.4 Å². The van der Waals surface area contributed by atoms with E-state index in [1.54, 1.807) is 18.3 Å². The Hall–Kier alpha value is -4.72. The number of carbonyl (C=O) groups is 2. The molecule has 186 valence electrons. The van der Waals surface area contributed by atoms with Gasteiger partial charge in [0.25, 0.3) is 5.91 Å². The van der Waals surface area contributed by atoms with E-state index in [9.17, 15) is 9.59 Å². The van der Waals surface area contributed by atoms with Gasteiger partial charge in [0.1, 0.15) is 6.61 Å². The summed E-state index contributed by atoms with van der Waals surface area (Å²) in [6.45, 7) is 2.81. The lowest BCUT2D eigenvalue weighted by Crippen LogP contribution is -2.31.